The van der Waals surface area contributed by atoms with E-state index in [2.05, 4.69) is 30.1 Å². The highest BCUT2D eigenvalue weighted by Gasteiger charge is 2.14. The van der Waals surface area contributed by atoms with E-state index in [9.17, 15) is 0 Å². The lowest BCUT2D eigenvalue weighted by molar-refractivity contribution is 0.440. The number of nitrogens with one attached hydrogen (secondary N) is 1. The lowest BCUT2D eigenvalue weighted by Crippen LogP contribution is -2.42. The van der Waals surface area contributed by atoms with Crippen LogP contribution in [0, 0.1) is 18.3 Å². The molecular formula is C13H24IN3. The Morgan fingerprint density at radius 3 is 2.41 bits per heavy atom. The Bertz CT molecular complexity index is 275. The highest BCUT2D eigenvalue weighted by molar-refractivity contribution is 14.0. The van der Waals surface area contributed by atoms with Crippen LogP contribution in [0.3, 0.4) is 0 Å². The second kappa shape index (κ2) is 8.62. The molecule has 0 spiro atoms. The third kappa shape index (κ3) is 6.16. The molecule has 1 fully saturated rings. The van der Waals surface area contributed by atoms with Crippen molar-refractivity contribution in [2.75, 3.05) is 0 Å². The number of hydrogen-bond donors (Lipinski definition) is 2. The summed E-state index contributed by atoms with van der Waals surface area (Å²) in [7, 11) is 0. The molecular weight excluding hydrogens is 325 g/mol. The Morgan fingerprint density at radius 1 is 1.35 bits per heavy atom. The summed E-state index contributed by atoms with van der Waals surface area (Å²) in [6.45, 7) is 4.15. The van der Waals surface area contributed by atoms with E-state index in [4.69, 9.17) is 12.2 Å². The summed E-state index contributed by atoms with van der Waals surface area (Å²) >= 11 is 0. The monoisotopic (exact) mass is 349 g/mol. The molecule has 3 N–H and O–H groups in total. The average molecular weight is 349 g/mol. The van der Waals surface area contributed by atoms with Gasteiger partial charge in [-0.15, -0.1) is 30.4 Å². The number of hydrogen-bond acceptors (Lipinski definition) is 1. The molecule has 98 valence electrons. The molecule has 0 aromatic carbocycles. The van der Waals surface area contributed by atoms with Gasteiger partial charge in [0.25, 0.3) is 0 Å². The van der Waals surface area contributed by atoms with Gasteiger partial charge in [-0.05, 0) is 18.8 Å². The summed E-state index contributed by atoms with van der Waals surface area (Å²) < 4.78 is 0. The topological polar surface area (TPSA) is 50.4 Å². The van der Waals surface area contributed by atoms with E-state index in [1.165, 1.54) is 19.3 Å². The molecule has 1 aliphatic carbocycles. The molecule has 0 amide bonds. The predicted molar refractivity (Wildman–Crippen MR) is 84.5 cm³/mol. The molecule has 0 bridgehead atoms. The number of aliphatic imine (C=N–C) groups is 1. The van der Waals surface area contributed by atoms with Gasteiger partial charge < -0.3 is 11.1 Å². The fourth-order valence-electron chi connectivity index (χ4n) is 2.00. The van der Waals surface area contributed by atoms with Crippen molar-refractivity contribution >= 4 is 29.9 Å². The summed E-state index contributed by atoms with van der Waals surface area (Å²) in [5, 5.41) is 3.11. The van der Waals surface area contributed by atoms with E-state index in [-0.39, 0.29) is 30.0 Å². The van der Waals surface area contributed by atoms with Crippen LogP contribution in [-0.4, -0.2) is 18.0 Å². The van der Waals surface area contributed by atoms with Crippen LogP contribution in [0.25, 0.3) is 0 Å². The van der Waals surface area contributed by atoms with E-state index >= 15 is 0 Å². The van der Waals surface area contributed by atoms with E-state index in [1.54, 1.807) is 0 Å². The van der Waals surface area contributed by atoms with Crippen molar-refractivity contribution in [2.24, 2.45) is 16.6 Å². The molecule has 1 aliphatic rings. The number of nitrogens with two attached hydrogens (primary N) is 1. The van der Waals surface area contributed by atoms with Crippen LogP contribution in [0.2, 0.25) is 0 Å². The number of terminal acetylenes is 1. The molecule has 17 heavy (non-hydrogen) atoms. The molecule has 0 heterocycles. The first-order valence-electron chi connectivity index (χ1n) is 6.19. The third-order valence-electron chi connectivity index (χ3n) is 3.05. The maximum Gasteiger partial charge on any atom is 0.189 e. The predicted octanol–water partition coefficient (Wildman–Crippen LogP) is 2.50. The Kier molecular flexibility index (Phi) is 8.40. The second-order valence-corrected chi connectivity index (χ2v) is 4.84. The van der Waals surface area contributed by atoms with Crippen LogP contribution in [0.1, 0.15) is 46.0 Å². The van der Waals surface area contributed by atoms with Crippen LogP contribution in [0.5, 0.6) is 0 Å². The first-order chi connectivity index (χ1) is 7.63. The third-order valence-corrected chi connectivity index (χ3v) is 3.05. The number of rotatable bonds is 3. The van der Waals surface area contributed by atoms with Crippen LogP contribution in [0.4, 0.5) is 0 Å². The van der Waals surface area contributed by atoms with Crippen molar-refractivity contribution in [1.29, 1.82) is 0 Å². The van der Waals surface area contributed by atoms with Gasteiger partial charge >= 0.3 is 0 Å². The maximum absolute atomic E-state index is 5.86. The van der Waals surface area contributed by atoms with Crippen LogP contribution < -0.4 is 11.1 Å². The molecule has 1 unspecified atom stereocenters. The SMILES string of the molecule is C#CC(NC(N)=NC1CCCCC1)C(C)C.I. The Hall–Kier alpha value is -0.440. The minimum atomic E-state index is -0.0210. The summed E-state index contributed by atoms with van der Waals surface area (Å²) in [6.07, 6.45) is 11.6. The van der Waals surface area contributed by atoms with Gasteiger partial charge in [0.05, 0.1) is 12.1 Å². The Labute approximate surface area is 122 Å². The average Bonchev–Trinajstić information content (AvgIpc) is 2.27. The largest absolute Gasteiger partial charge is 0.370 e. The fourth-order valence-corrected chi connectivity index (χ4v) is 2.00. The van der Waals surface area contributed by atoms with E-state index in [0.717, 1.165) is 12.8 Å². The van der Waals surface area contributed by atoms with Crippen molar-refractivity contribution in [3.8, 4) is 12.3 Å². The molecule has 0 saturated heterocycles. The zero-order valence-electron chi connectivity index (χ0n) is 10.8. The van der Waals surface area contributed by atoms with Crippen molar-refractivity contribution in [3.05, 3.63) is 0 Å². The molecule has 1 saturated carbocycles. The van der Waals surface area contributed by atoms with E-state index < -0.39 is 0 Å². The second-order valence-electron chi connectivity index (χ2n) is 4.84. The highest BCUT2D eigenvalue weighted by atomic mass is 127. The molecule has 0 aromatic rings. The Balaban J connectivity index is 0.00000256. The minimum absolute atomic E-state index is 0. The zero-order valence-corrected chi connectivity index (χ0v) is 13.1. The molecule has 1 atom stereocenters. The van der Waals surface area contributed by atoms with E-state index in [1.807, 2.05) is 0 Å². The molecule has 3 nitrogen and oxygen atoms in total. The molecule has 4 heteroatoms. The maximum atomic E-state index is 5.86. The zero-order chi connectivity index (χ0) is 12.0. The van der Waals surface area contributed by atoms with Gasteiger partial charge in [-0.3, -0.25) is 4.99 Å². The minimum Gasteiger partial charge on any atom is -0.370 e. The standard InChI is InChI=1S/C13H23N3.HI/c1-4-12(10(2)3)16-13(14)15-11-8-6-5-7-9-11;/h1,10-12H,5-9H2,2-3H3,(H3,14,15,16);1H. The van der Waals surface area contributed by atoms with Gasteiger partial charge in [-0.25, -0.2) is 0 Å². The van der Waals surface area contributed by atoms with E-state index in [0.29, 0.717) is 17.9 Å². The smallest absolute Gasteiger partial charge is 0.189 e. The molecule has 0 aromatic heterocycles. The lowest BCUT2D eigenvalue weighted by Gasteiger charge is -2.21. The molecule has 1 rings (SSSR count). The van der Waals surface area contributed by atoms with Gasteiger partial charge in [0.1, 0.15) is 0 Å². The van der Waals surface area contributed by atoms with Gasteiger partial charge in [-0.1, -0.05) is 39.0 Å². The van der Waals surface area contributed by atoms with Gasteiger partial charge in [0, 0.05) is 0 Å². The lowest BCUT2D eigenvalue weighted by atomic mass is 9.96. The van der Waals surface area contributed by atoms with Crippen LogP contribution in [-0.2, 0) is 0 Å². The van der Waals surface area contributed by atoms with Crippen LogP contribution >= 0.6 is 24.0 Å². The summed E-state index contributed by atoms with van der Waals surface area (Å²) in [4.78, 5) is 4.49. The highest BCUT2D eigenvalue weighted by Crippen LogP contribution is 2.19. The first kappa shape index (κ1) is 16.6. The first-order valence-corrected chi connectivity index (χ1v) is 6.19. The number of halogens is 1. The summed E-state index contributed by atoms with van der Waals surface area (Å²) in [5.41, 5.74) is 5.86. The van der Waals surface area contributed by atoms with Gasteiger partial charge in [0.15, 0.2) is 5.96 Å². The van der Waals surface area contributed by atoms with Crippen molar-refractivity contribution in [3.63, 3.8) is 0 Å². The van der Waals surface area contributed by atoms with Crippen molar-refractivity contribution < 1.29 is 0 Å². The molecule has 0 radical (unpaired) electrons. The summed E-state index contributed by atoms with van der Waals surface area (Å²) in [5.74, 6) is 3.57. The quantitative estimate of drug-likeness (QED) is 0.356. The number of guanidine groups is 1. The summed E-state index contributed by atoms with van der Waals surface area (Å²) in [6, 6.07) is 0.374. The fraction of sp³-hybridized carbons (Fsp3) is 0.769. The van der Waals surface area contributed by atoms with Crippen molar-refractivity contribution in [2.45, 2.75) is 58.0 Å². The van der Waals surface area contributed by atoms with Gasteiger partial charge in [0.2, 0.25) is 0 Å². The normalized spacial score (nSPS) is 19.3. The Morgan fingerprint density at radius 2 is 1.94 bits per heavy atom. The van der Waals surface area contributed by atoms with Crippen molar-refractivity contribution in [1.82, 2.24) is 5.32 Å². The van der Waals surface area contributed by atoms with Gasteiger partial charge in [-0.2, -0.15) is 0 Å². The van der Waals surface area contributed by atoms with Crippen LogP contribution in [0.15, 0.2) is 4.99 Å². The molecule has 0 aliphatic heterocycles. The number of nitrogens with zero attached hydrogens (tertiary/aromatic N) is 1.